The lowest BCUT2D eigenvalue weighted by Crippen LogP contribution is -2.30. The first kappa shape index (κ1) is 24.1. The van der Waals surface area contributed by atoms with Crippen LogP contribution in [0.4, 0.5) is 11.4 Å². The van der Waals surface area contributed by atoms with Gasteiger partial charge in [0.1, 0.15) is 11.3 Å². The first-order valence-corrected chi connectivity index (χ1v) is 12.9. The van der Waals surface area contributed by atoms with E-state index in [-0.39, 0.29) is 10.5 Å². The Morgan fingerprint density at radius 1 is 1.11 bits per heavy atom. The number of nitrogens with two attached hydrogens (primary N) is 1. The second-order valence-electron chi connectivity index (χ2n) is 8.42. The SMILES string of the molecule is CSN(c1ccc(B(O)O)c(Cl)c1)c1cc2oc(-c3ccc(Cl)cc3)c(C(N)=O)c2cc1C1CC1. The van der Waals surface area contributed by atoms with Crippen molar-refractivity contribution in [3.05, 3.63) is 75.8 Å². The summed E-state index contributed by atoms with van der Waals surface area (Å²) in [6.45, 7) is 0. The number of primary amides is 1. The Balaban J connectivity index is 1.70. The predicted molar refractivity (Wildman–Crippen MR) is 144 cm³/mol. The van der Waals surface area contributed by atoms with Crippen LogP contribution in [0.2, 0.25) is 10.0 Å². The fourth-order valence-corrected chi connectivity index (χ4v) is 5.37. The Kier molecular flexibility index (Phi) is 6.50. The van der Waals surface area contributed by atoms with Crippen LogP contribution in [0.3, 0.4) is 0 Å². The second kappa shape index (κ2) is 9.45. The summed E-state index contributed by atoms with van der Waals surface area (Å²) in [5.41, 5.74) is 10.4. The van der Waals surface area contributed by atoms with Gasteiger partial charge in [0.25, 0.3) is 5.91 Å². The molecule has 0 saturated heterocycles. The minimum Gasteiger partial charge on any atom is -0.455 e. The molecule has 1 aliphatic rings. The molecule has 0 radical (unpaired) electrons. The molecule has 1 aliphatic carbocycles. The average molecular weight is 527 g/mol. The predicted octanol–water partition coefficient (Wildman–Crippen LogP) is 5.48. The van der Waals surface area contributed by atoms with Gasteiger partial charge in [-0.25, -0.2) is 0 Å². The Hall–Kier alpha value is -2.62. The van der Waals surface area contributed by atoms with Gasteiger partial charge in [-0.3, -0.25) is 9.10 Å². The molecule has 1 fully saturated rings. The van der Waals surface area contributed by atoms with E-state index in [9.17, 15) is 14.8 Å². The number of anilines is 2. The second-order valence-corrected chi connectivity index (χ2v) is 9.99. The van der Waals surface area contributed by atoms with Crippen LogP contribution in [0.5, 0.6) is 0 Å². The van der Waals surface area contributed by atoms with E-state index in [0.29, 0.717) is 38.8 Å². The number of carbonyl (C=O) groups excluding carboxylic acids is 1. The highest BCUT2D eigenvalue weighted by molar-refractivity contribution is 8.00. The van der Waals surface area contributed by atoms with E-state index in [4.69, 9.17) is 33.4 Å². The lowest BCUT2D eigenvalue weighted by molar-refractivity contribution is 0.100. The van der Waals surface area contributed by atoms with Crippen molar-refractivity contribution in [3.63, 3.8) is 0 Å². The van der Waals surface area contributed by atoms with Crippen LogP contribution in [0.25, 0.3) is 22.3 Å². The van der Waals surface area contributed by atoms with E-state index in [2.05, 4.69) is 0 Å². The van der Waals surface area contributed by atoms with Crippen molar-refractivity contribution in [3.8, 4) is 11.3 Å². The van der Waals surface area contributed by atoms with E-state index >= 15 is 0 Å². The summed E-state index contributed by atoms with van der Waals surface area (Å²) in [4.78, 5) is 12.5. The molecule has 0 spiro atoms. The van der Waals surface area contributed by atoms with Gasteiger partial charge in [0.15, 0.2) is 0 Å². The van der Waals surface area contributed by atoms with Gasteiger partial charge in [-0.1, -0.05) is 29.3 Å². The quantitative estimate of drug-likeness (QED) is 0.218. The van der Waals surface area contributed by atoms with Crippen molar-refractivity contribution in [2.45, 2.75) is 18.8 Å². The summed E-state index contributed by atoms with van der Waals surface area (Å²) in [5, 5.41) is 20.6. The highest BCUT2D eigenvalue weighted by atomic mass is 35.5. The molecule has 6 nitrogen and oxygen atoms in total. The van der Waals surface area contributed by atoms with Gasteiger partial charge in [0.05, 0.1) is 16.9 Å². The van der Waals surface area contributed by atoms with Crippen LogP contribution in [0.1, 0.15) is 34.7 Å². The molecule has 0 unspecified atom stereocenters. The van der Waals surface area contributed by atoms with E-state index in [1.54, 1.807) is 42.5 Å². The number of nitrogens with zero attached hydrogens (tertiary/aromatic N) is 1. The number of hydrogen-bond donors (Lipinski definition) is 3. The van der Waals surface area contributed by atoms with E-state index in [1.807, 2.05) is 22.7 Å². The Morgan fingerprint density at radius 3 is 2.40 bits per heavy atom. The molecule has 1 aromatic heterocycles. The zero-order chi connectivity index (χ0) is 24.9. The molecule has 1 heterocycles. The number of carbonyl (C=O) groups is 1. The molecule has 4 N–H and O–H groups in total. The third-order valence-electron chi connectivity index (χ3n) is 6.11. The molecule has 3 aromatic carbocycles. The molecule has 35 heavy (non-hydrogen) atoms. The maximum Gasteiger partial charge on any atom is 0.489 e. The Labute approximate surface area is 216 Å². The van der Waals surface area contributed by atoms with E-state index in [1.165, 1.54) is 11.9 Å². The van der Waals surface area contributed by atoms with Crippen molar-refractivity contribution < 1.29 is 19.3 Å². The number of halogens is 2. The number of benzene rings is 3. The summed E-state index contributed by atoms with van der Waals surface area (Å²) in [6.07, 6.45) is 4.04. The van der Waals surface area contributed by atoms with Crippen LogP contribution in [-0.4, -0.2) is 29.3 Å². The zero-order valence-electron chi connectivity index (χ0n) is 18.7. The maximum atomic E-state index is 12.5. The van der Waals surface area contributed by atoms with Crippen molar-refractivity contribution in [2.75, 3.05) is 10.6 Å². The van der Waals surface area contributed by atoms with Crippen LogP contribution in [0, 0.1) is 0 Å². The van der Waals surface area contributed by atoms with Gasteiger partial charge in [-0.05, 0) is 78.7 Å². The maximum absolute atomic E-state index is 12.5. The molecular weight excluding hydrogens is 506 g/mol. The van der Waals surface area contributed by atoms with E-state index in [0.717, 1.165) is 29.8 Å². The first-order valence-electron chi connectivity index (χ1n) is 10.9. The number of furan rings is 1. The topological polar surface area (TPSA) is 99.9 Å². The fourth-order valence-electron chi connectivity index (χ4n) is 4.29. The summed E-state index contributed by atoms with van der Waals surface area (Å²) < 4.78 is 8.23. The minimum absolute atomic E-state index is 0.235. The van der Waals surface area contributed by atoms with Crippen molar-refractivity contribution in [2.24, 2.45) is 5.73 Å². The van der Waals surface area contributed by atoms with Crippen LogP contribution < -0.4 is 15.5 Å². The molecule has 0 aliphatic heterocycles. The van der Waals surface area contributed by atoms with Gasteiger partial charge < -0.3 is 20.2 Å². The molecule has 0 bridgehead atoms. The van der Waals surface area contributed by atoms with Gasteiger partial charge in [-0.2, -0.15) is 0 Å². The first-order chi connectivity index (χ1) is 16.8. The smallest absolute Gasteiger partial charge is 0.455 e. The minimum atomic E-state index is -1.65. The monoisotopic (exact) mass is 526 g/mol. The molecule has 1 saturated carbocycles. The van der Waals surface area contributed by atoms with Crippen molar-refractivity contribution in [1.29, 1.82) is 0 Å². The van der Waals surface area contributed by atoms with Crippen LogP contribution in [0.15, 0.2) is 59.0 Å². The van der Waals surface area contributed by atoms with Gasteiger partial charge >= 0.3 is 7.12 Å². The van der Waals surface area contributed by atoms with Crippen molar-refractivity contribution >= 4 is 76.0 Å². The van der Waals surface area contributed by atoms with Crippen LogP contribution in [-0.2, 0) is 0 Å². The number of fused-ring (bicyclic) bond motifs is 1. The average Bonchev–Trinajstić information content (AvgIpc) is 3.59. The third-order valence-corrected chi connectivity index (χ3v) is 7.46. The van der Waals surface area contributed by atoms with E-state index < -0.39 is 13.0 Å². The summed E-state index contributed by atoms with van der Waals surface area (Å²) in [5.74, 6) is 0.200. The van der Waals surface area contributed by atoms with Gasteiger partial charge in [0, 0.05) is 38.8 Å². The number of hydrogen-bond acceptors (Lipinski definition) is 6. The molecule has 1 amide bonds. The Morgan fingerprint density at radius 2 is 1.83 bits per heavy atom. The summed E-state index contributed by atoms with van der Waals surface area (Å²) >= 11 is 13.9. The molecule has 4 aromatic rings. The normalized spacial score (nSPS) is 13.3. The highest BCUT2D eigenvalue weighted by Crippen LogP contribution is 2.50. The third kappa shape index (κ3) is 4.53. The highest BCUT2D eigenvalue weighted by Gasteiger charge is 2.31. The summed E-state index contributed by atoms with van der Waals surface area (Å²) in [6, 6.07) is 16.1. The van der Waals surface area contributed by atoms with Gasteiger partial charge in [-0.15, -0.1) is 0 Å². The van der Waals surface area contributed by atoms with Crippen molar-refractivity contribution in [1.82, 2.24) is 0 Å². The molecule has 10 heteroatoms. The fraction of sp³-hybridized carbons (Fsp3) is 0.160. The molecular formula is C25H21BCl2N2O4S. The molecule has 5 rings (SSSR count). The molecule has 0 atom stereocenters. The summed E-state index contributed by atoms with van der Waals surface area (Å²) in [7, 11) is -1.65. The largest absolute Gasteiger partial charge is 0.489 e. The van der Waals surface area contributed by atoms with Crippen LogP contribution >= 0.6 is 35.1 Å². The standard InChI is InChI=1S/C25H21BCl2N2O4S/c1-35-30(16-8-9-19(26(32)33)20(28)10-16)21-12-22-18(11-17(21)13-2-3-13)23(25(29)31)24(34-22)14-4-6-15(27)7-5-14/h4-13,32-33H,2-3H2,1H3,(H2,29,31). The van der Waals surface area contributed by atoms with Gasteiger partial charge in [0.2, 0.25) is 0 Å². The number of rotatable bonds is 7. The zero-order valence-corrected chi connectivity index (χ0v) is 21.0. The Bertz CT molecular complexity index is 1440. The lowest BCUT2D eigenvalue weighted by Gasteiger charge is -2.25. The molecule has 178 valence electrons. The number of amides is 1. The lowest BCUT2D eigenvalue weighted by atomic mass is 9.80.